The topological polar surface area (TPSA) is 35.5 Å². The van der Waals surface area contributed by atoms with Gasteiger partial charge in [-0.1, -0.05) is 25.0 Å². The number of rotatable bonds is 4. The lowest BCUT2D eigenvalue weighted by atomic mass is 9.98. The summed E-state index contributed by atoms with van der Waals surface area (Å²) in [6.45, 7) is 2.16. The van der Waals surface area contributed by atoms with Gasteiger partial charge in [0.25, 0.3) is 0 Å². The predicted octanol–water partition coefficient (Wildman–Crippen LogP) is 3.76. The Bertz CT molecular complexity index is 489. The Morgan fingerprint density at radius 2 is 2.15 bits per heavy atom. The summed E-state index contributed by atoms with van der Waals surface area (Å²) in [5, 5.41) is 0. The fraction of sp³-hybridized carbons (Fsp3) is 0.588. The molecule has 2 fully saturated rings. The summed E-state index contributed by atoms with van der Waals surface area (Å²) in [6, 6.07) is 7.38. The van der Waals surface area contributed by atoms with Crippen LogP contribution in [0.5, 0.6) is 5.75 Å². The number of carbonyl (C=O) groups excluding carboxylic acids is 1. The molecule has 3 nitrogen and oxygen atoms in total. The molecule has 1 aliphatic carbocycles. The largest absolute Gasteiger partial charge is 0.491 e. The van der Waals surface area contributed by atoms with Gasteiger partial charge in [-0.3, -0.25) is 4.79 Å². The Morgan fingerprint density at radius 1 is 1.35 bits per heavy atom. The highest BCUT2D eigenvalue weighted by atomic mass is 16.6. The second-order valence-electron chi connectivity index (χ2n) is 6.06. The molecular formula is C17H22O3. The van der Waals surface area contributed by atoms with E-state index in [1.54, 1.807) is 6.92 Å². The van der Waals surface area contributed by atoms with E-state index in [1.165, 1.54) is 32.1 Å². The van der Waals surface area contributed by atoms with Crippen LogP contribution in [-0.2, 0) is 4.74 Å². The van der Waals surface area contributed by atoms with Gasteiger partial charge in [0.2, 0.25) is 0 Å². The molecule has 20 heavy (non-hydrogen) atoms. The normalized spacial score (nSPS) is 24.1. The first-order valence-corrected chi connectivity index (χ1v) is 7.59. The summed E-state index contributed by atoms with van der Waals surface area (Å²) >= 11 is 0. The Hall–Kier alpha value is -1.35. The number of hydrogen-bond donors (Lipinski definition) is 0. The van der Waals surface area contributed by atoms with Crippen LogP contribution in [0.2, 0.25) is 0 Å². The summed E-state index contributed by atoms with van der Waals surface area (Å²) in [6.07, 6.45) is 7.49. The number of hydrogen-bond acceptors (Lipinski definition) is 3. The zero-order valence-electron chi connectivity index (χ0n) is 12.1. The first kappa shape index (κ1) is 13.6. The lowest BCUT2D eigenvalue weighted by Gasteiger charge is -2.23. The minimum atomic E-state index is 0.0671. The van der Waals surface area contributed by atoms with Crippen LogP contribution in [0.1, 0.15) is 55.8 Å². The van der Waals surface area contributed by atoms with Crippen LogP contribution < -0.4 is 4.74 Å². The van der Waals surface area contributed by atoms with Crippen LogP contribution in [0, 0.1) is 0 Å². The Morgan fingerprint density at radius 3 is 2.90 bits per heavy atom. The highest BCUT2D eigenvalue weighted by molar-refractivity contribution is 5.94. The molecule has 1 spiro atoms. The van der Waals surface area contributed by atoms with Crippen LogP contribution >= 0.6 is 0 Å². The zero-order chi connectivity index (χ0) is 14.0. The molecule has 1 unspecified atom stereocenters. The molecule has 1 heterocycles. The lowest BCUT2D eigenvalue weighted by molar-refractivity contribution is -0.0508. The van der Waals surface area contributed by atoms with Crippen LogP contribution in [0.25, 0.3) is 0 Å². The van der Waals surface area contributed by atoms with Crippen molar-refractivity contribution in [1.82, 2.24) is 0 Å². The van der Waals surface area contributed by atoms with Crippen LogP contribution in [0.15, 0.2) is 24.3 Å². The predicted molar refractivity (Wildman–Crippen MR) is 77.2 cm³/mol. The molecule has 1 aliphatic heterocycles. The van der Waals surface area contributed by atoms with Gasteiger partial charge in [0.1, 0.15) is 12.4 Å². The van der Waals surface area contributed by atoms with E-state index in [1.807, 2.05) is 24.3 Å². The van der Waals surface area contributed by atoms with Crippen molar-refractivity contribution in [3.05, 3.63) is 29.8 Å². The van der Waals surface area contributed by atoms with Gasteiger partial charge in [-0.05, 0) is 44.7 Å². The summed E-state index contributed by atoms with van der Waals surface area (Å²) in [7, 11) is 0. The van der Waals surface area contributed by atoms with E-state index in [0.29, 0.717) is 12.2 Å². The van der Waals surface area contributed by atoms with Crippen molar-refractivity contribution in [3.63, 3.8) is 0 Å². The SMILES string of the molecule is CC(=O)c1cccc(OCC2CCC3(CCCC3)O2)c1. The van der Waals surface area contributed by atoms with Gasteiger partial charge < -0.3 is 9.47 Å². The fourth-order valence-electron chi connectivity index (χ4n) is 3.39. The van der Waals surface area contributed by atoms with Gasteiger partial charge >= 0.3 is 0 Å². The lowest BCUT2D eigenvalue weighted by Crippen LogP contribution is -2.27. The van der Waals surface area contributed by atoms with Crippen LogP contribution in [0.4, 0.5) is 0 Å². The Labute approximate surface area is 120 Å². The van der Waals surface area contributed by atoms with Gasteiger partial charge in [-0.25, -0.2) is 0 Å². The molecule has 0 N–H and O–H groups in total. The van der Waals surface area contributed by atoms with Crippen LogP contribution in [0.3, 0.4) is 0 Å². The third-order valence-corrected chi connectivity index (χ3v) is 4.53. The van der Waals surface area contributed by atoms with Crippen molar-refractivity contribution in [2.75, 3.05) is 6.61 Å². The van der Waals surface area contributed by atoms with Crippen molar-refractivity contribution >= 4 is 5.78 Å². The summed E-state index contributed by atoms with van der Waals surface area (Å²) in [4.78, 5) is 11.3. The molecule has 108 valence electrons. The molecule has 1 aromatic carbocycles. The molecule has 1 saturated carbocycles. The van der Waals surface area contributed by atoms with Crippen molar-refractivity contribution in [2.45, 2.75) is 57.2 Å². The van der Waals surface area contributed by atoms with Gasteiger partial charge in [-0.15, -0.1) is 0 Å². The summed E-state index contributed by atoms with van der Waals surface area (Å²) < 4.78 is 12.0. The van der Waals surface area contributed by atoms with Gasteiger partial charge in [0, 0.05) is 5.56 Å². The monoisotopic (exact) mass is 274 g/mol. The van der Waals surface area contributed by atoms with Crippen molar-refractivity contribution in [3.8, 4) is 5.75 Å². The van der Waals surface area contributed by atoms with E-state index in [9.17, 15) is 4.79 Å². The minimum absolute atomic E-state index is 0.0671. The van der Waals surface area contributed by atoms with Crippen molar-refractivity contribution in [1.29, 1.82) is 0 Å². The first-order valence-electron chi connectivity index (χ1n) is 7.59. The molecule has 0 radical (unpaired) electrons. The molecule has 3 heteroatoms. The number of ether oxygens (including phenoxy) is 2. The van der Waals surface area contributed by atoms with E-state index >= 15 is 0 Å². The molecule has 0 bridgehead atoms. The highest BCUT2D eigenvalue weighted by Crippen LogP contribution is 2.43. The fourth-order valence-corrected chi connectivity index (χ4v) is 3.39. The molecule has 1 atom stereocenters. The maximum absolute atomic E-state index is 11.3. The minimum Gasteiger partial charge on any atom is -0.491 e. The molecule has 3 rings (SSSR count). The summed E-state index contributed by atoms with van der Waals surface area (Å²) in [5.41, 5.74) is 0.858. The standard InChI is InChI=1S/C17H22O3/c1-13(18)14-5-4-6-15(11-14)19-12-16-7-10-17(20-16)8-2-3-9-17/h4-6,11,16H,2-3,7-10,12H2,1H3. The van der Waals surface area contributed by atoms with Gasteiger partial charge in [0.05, 0.1) is 11.7 Å². The number of ketones is 1. The van der Waals surface area contributed by atoms with E-state index in [0.717, 1.165) is 12.2 Å². The third-order valence-electron chi connectivity index (χ3n) is 4.53. The molecular weight excluding hydrogens is 252 g/mol. The van der Waals surface area contributed by atoms with E-state index in [2.05, 4.69) is 0 Å². The second-order valence-corrected chi connectivity index (χ2v) is 6.06. The van der Waals surface area contributed by atoms with Gasteiger partial charge in [-0.2, -0.15) is 0 Å². The van der Waals surface area contributed by atoms with Gasteiger partial charge in [0.15, 0.2) is 5.78 Å². The molecule has 0 amide bonds. The van der Waals surface area contributed by atoms with E-state index in [-0.39, 0.29) is 17.5 Å². The maximum atomic E-state index is 11.3. The number of benzene rings is 1. The Balaban J connectivity index is 1.55. The molecule has 1 aromatic rings. The van der Waals surface area contributed by atoms with E-state index < -0.39 is 0 Å². The zero-order valence-corrected chi connectivity index (χ0v) is 12.1. The smallest absolute Gasteiger partial charge is 0.159 e. The van der Waals surface area contributed by atoms with E-state index in [4.69, 9.17) is 9.47 Å². The van der Waals surface area contributed by atoms with Crippen molar-refractivity contribution < 1.29 is 14.3 Å². The number of carbonyl (C=O) groups is 1. The third kappa shape index (κ3) is 2.88. The Kier molecular flexibility index (Phi) is 3.79. The molecule has 1 saturated heterocycles. The first-order chi connectivity index (χ1) is 9.67. The average molecular weight is 274 g/mol. The van der Waals surface area contributed by atoms with Crippen LogP contribution in [-0.4, -0.2) is 24.1 Å². The second kappa shape index (κ2) is 5.57. The van der Waals surface area contributed by atoms with Crippen molar-refractivity contribution in [2.24, 2.45) is 0 Å². The quantitative estimate of drug-likeness (QED) is 0.784. The maximum Gasteiger partial charge on any atom is 0.159 e. The molecule has 0 aromatic heterocycles. The average Bonchev–Trinajstić information content (AvgIpc) is 3.08. The highest BCUT2D eigenvalue weighted by Gasteiger charge is 2.42. The number of Topliss-reactive ketones (excluding diaryl/α,β-unsaturated/α-hetero) is 1. The summed E-state index contributed by atoms with van der Waals surface area (Å²) in [5.74, 6) is 0.825. The molecule has 2 aliphatic rings.